The third-order valence-corrected chi connectivity index (χ3v) is 3.56. The summed E-state index contributed by atoms with van der Waals surface area (Å²) in [5.41, 5.74) is 12.0. The molecule has 6 heteroatoms. The Balaban J connectivity index is 1.72. The molecule has 116 valence electrons. The first kappa shape index (κ1) is 15.6. The molecule has 2 rings (SSSR count). The third kappa shape index (κ3) is 5.61. The highest BCUT2D eigenvalue weighted by atomic mass is 16.6. The number of rotatable bonds is 6. The number of nitrogens with two attached hydrogens (primary N) is 2. The lowest BCUT2D eigenvalue weighted by Gasteiger charge is -2.30. The lowest BCUT2D eigenvalue weighted by molar-refractivity contribution is 0.134. The SMILES string of the molecule is NC(=O)OCCOc1ccc(CN2CCC(N)CC2)cc1. The zero-order valence-corrected chi connectivity index (χ0v) is 12.2. The monoisotopic (exact) mass is 293 g/mol. The van der Waals surface area contributed by atoms with Gasteiger partial charge in [0.1, 0.15) is 19.0 Å². The molecule has 0 aromatic heterocycles. The molecule has 1 aromatic rings. The number of amides is 1. The Morgan fingerprint density at radius 3 is 2.48 bits per heavy atom. The second-order valence-corrected chi connectivity index (χ2v) is 5.27. The fraction of sp³-hybridized carbons (Fsp3) is 0.533. The molecule has 1 aliphatic heterocycles. The molecule has 4 N–H and O–H groups in total. The van der Waals surface area contributed by atoms with Gasteiger partial charge in [-0.3, -0.25) is 4.90 Å². The van der Waals surface area contributed by atoms with E-state index >= 15 is 0 Å². The minimum Gasteiger partial charge on any atom is -0.490 e. The Hall–Kier alpha value is -1.79. The van der Waals surface area contributed by atoms with Gasteiger partial charge in [-0.2, -0.15) is 0 Å². The van der Waals surface area contributed by atoms with Crippen molar-refractivity contribution in [2.45, 2.75) is 25.4 Å². The number of likely N-dealkylation sites (tertiary alicyclic amines) is 1. The minimum absolute atomic E-state index is 0.158. The Morgan fingerprint density at radius 2 is 1.86 bits per heavy atom. The van der Waals surface area contributed by atoms with Crippen LogP contribution < -0.4 is 16.2 Å². The van der Waals surface area contributed by atoms with Crippen molar-refractivity contribution in [1.82, 2.24) is 4.90 Å². The lowest BCUT2D eigenvalue weighted by Crippen LogP contribution is -2.39. The molecule has 0 saturated carbocycles. The molecule has 0 unspecified atom stereocenters. The van der Waals surface area contributed by atoms with Crippen LogP contribution in [0.15, 0.2) is 24.3 Å². The van der Waals surface area contributed by atoms with Gasteiger partial charge < -0.3 is 20.9 Å². The predicted molar refractivity (Wildman–Crippen MR) is 80.0 cm³/mol. The zero-order chi connectivity index (χ0) is 15.1. The molecule has 0 atom stereocenters. The summed E-state index contributed by atoms with van der Waals surface area (Å²) in [7, 11) is 0. The number of nitrogens with zero attached hydrogens (tertiary/aromatic N) is 1. The molecule has 6 nitrogen and oxygen atoms in total. The number of carbonyl (C=O) groups excluding carboxylic acids is 1. The number of benzene rings is 1. The summed E-state index contributed by atoms with van der Waals surface area (Å²) in [6.45, 7) is 3.52. The summed E-state index contributed by atoms with van der Waals surface area (Å²) in [5.74, 6) is 0.757. The van der Waals surface area contributed by atoms with Crippen molar-refractivity contribution in [2.75, 3.05) is 26.3 Å². The summed E-state index contributed by atoms with van der Waals surface area (Å²) in [4.78, 5) is 12.8. The first-order chi connectivity index (χ1) is 10.1. The zero-order valence-electron chi connectivity index (χ0n) is 12.2. The molecule has 0 bridgehead atoms. The van der Waals surface area contributed by atoms with Gasteiger partial charge in [-0.1, -0.05) is 12.1 Å². The van der Waals surface area contributed by atoms with E-state index in [2.05, 4.69) is 21.8 Å². The van der Waals surface area contributed by atoms with Crippen LogP contribution in [0.2, 0.25) is 0 Å². The van der Waals surface area contributed by atoms with Gasteiger partial charge in [0.2, 0.25) is 0 Å². The fourth-order valence-corrected chi connectivity index (χ4v) is 2.36. The van der Waals surface area contributed by atoms with Gasteiger partial charge in [-0.25, -0.2) is 4.79 Å². The summed E-state index contributed by atoms with van der Waals surface area (Å²) >= 11 is 0. The van der Waals surface area contributed by atoms with Crippen molar-refractivity contribution in [1.29, 1.82) is 0 Å². The molecule has 21 heavy (non-hydrogen) atoms. The maximum Gasteiger partial charge on any atom is 0.404 e. The van der Waals surface area contributed by atoms with Gasteiger partial charge in [0.25, 0.3) is 0 Å². The van der Waals surface area contributed by atoms with Crippen LogP contribution in [0.4, 0.5) is 4.79 Å². The molecule has 1 saturated heterocycles. The van der Waals surface area contributed by atoms with Gasteiger partial charge in [-0.05, 0) is 43.6 Å². The van der Waals surface area contributed by atoms with E-state index in [9.17, 15) is 4.79 Å². The van der Waals surface area contributed by atoms with Crippen LogP contribution in [0.25, 0.3) is 0 Å². The molecule has 1 fully saturated rings. The van der Waals surface area contributed by atoms with Crippen LogP contribution in [0.5, 0.6) is 5.75 Å². The average molecular weight is 293 g/mol. The van der Waals surface area contributed by atoms with E-state index in [1.165, 1.54) is 5.56 Å². The Kier molecular flexibility index (Phi) is 5.83. The third-order valence-electron chi connectivity index (χ3n) is 3.56. The minimum atomic E-state index is -0.782. The van der Waals surface area contributed by atoms with E-state index in [1.54, 1.807) is 0 Å². The van der Waals surface area contributed by atoms with Crippen LogP contribution in [-0.4, -0.2) is 43.3 Å². The first-order valence-corrected chi connectivity index (χ1v) is 7.25. The summed E-state index contributed by atoms with van der Waals surface area (Å²) < 4.78 is 10.0. The molecular weight excluding hydrogens is 270 g/mol. The number of hydrogen-bond donors (Lipinski definition) is 2. The van der Waals surface area contributed by atoms with E-state index < -0.39 is 6.09 Å². The van der Waals surface area contributed by atoms with Gasteiger partial charge in [0, 0.05) is 12.6 Å². The van der Waals surface area contributed by atoms with Crippen LogP contribution in [0.1, 0.15) is 18.4 Å². The smallest absolute Gasteiger partial charge is 0.404 e. The highest BCUT2D eigenvalue weighted by molar-refractivity contribution is 5.64. The molecule has 1 heterocycles. The molecule has 1 aromatic carbocycles. The van der Waals surface area contributed by atoms with E-state index in [1.807, 2.05) is 12.1 Å². The number of piperidine rings is 1. The maximum atomic E-state index is 10.4. The predicted octanol–water partition coefficient (Wildman–Crippen LogP) is 1.08. The Labute approximate surface area is 125 Å². The van der Waals surface area contributed by atoms with Crippen molar-refractivity contribution < 1.29 is 14.3 Å². The van der Waals surface area contributed by atoms with E-state index in [4.69, 9.17) is 16.2 Å². The largest absolute Gasteiger partial charge is 0.490 e. The normalized spacial score (nSPS) is 16.6. The highest BCUT2D eigenvalue weighted by Crippen LogP contribution is 2.16. The molecule has 0 spiro atoms. The van der Waals surface area contributed by atoms with E-state index in [-0.39, 0.29) is 6.61 Å². The number of hydrogen-bond acceptors (Lipinski definition) is 5. The Bertz CT molecular complexity index is 442. The van der Waals surface area contributed by atoms with Crippen molar-refractivity contribution in [2.24, 2.45) is 11.5 Å². The lowest BCUT2D eigenvalue weighted by atomic mass is 10.1. The molecule has 1 amide bonds. The van der Waals surface area contributed by atoms with Gasteiger partial charge in [-0.15, -0.1) is 0 Å². The molecular formula is C15H23N3O3. The van der Waals surface area contributed by atoms with Crippen LogP contribution in [0.3, 0.4) is 0 Å². The van der Waals surface area contributed by atoms with Crippen molar-refractivity contribution >= 4 is 6.09 Å². The topological polar surface area (TPSA) is 90.8 Å². The quantitative estimate of drug-likeness (QED) is 0.766. The summed E-state index contributed by atoms with van der Waals surface area (Å²) in [6, 6.07) is 8.32. The van der Waals surface area contributed by atoms with Crippen LogP contribution in [0, 0.1) is 0 Å². The molecule has 1 aliphatic rings. The highest BCUT2D eigenvalue weighted by Gasteiger charge is 2.15. The van der Waals surface area contributed by atoms with Crippen LogP contribution in [-0.2, 0) is 11.3 Å². The van der Waals surface area contributed by atoms with E-state index in [0.717, 1.165) is 38.2 Å². The summed E-state index contributed by atoms with van der Waals surface area (Å²) in [6.07, 6.45) is 1.36. The first-order valence-electron chi connectivity index (χ1n) is 7.25. The number of carbonyl (C=O) groups is 1. The Morgan fingerprint density at radius 1 is 1.19 bits per heavy atom. The number of ether oxygens (including phenoxy) is 2. The average Bonchev–Trinajstić information content (AvgIpc) is 2.47. The maximum absolute atomic E-state index is 10.4. The van der Waals surface area contributed by atoms with Crippen LogP contribution >= 0.6 is 0 Å². The molecule has 0 radical (unpaired) electrons. The van der Waals surface area contributed by atoms with Gasteiger partial charge >= 0.3 is 6.09 Å². The standard InChI is InChI=1S/C15H23N3O3/c16-13-5-7-18(8-6-13)11-12-1-3-14(4-2-12)20-9-10-21-15(17)19/h1-4,13H,5-11,16H2,(H2,17,19). The van der Waals surface area contributed by atoms with Gasteiger partial charge in [0.05, 0.1) is 0 Å². The second-order valence-electron chi connectivity index (χ2n) is 5.27. The van der Waals surface area contributed by atoms with Crippen molar-refractivity contribution in [3.8, 4) is 5.75 Å². The van der Waals surface area contributed by atoms with Gasteiger partial charge in [0.15, 0.2) is 0 Å². The summed E-state index contributed by atoms with van der Waals surface area (Å²) in [5, 5.41) is 0. The second kappa shape index (κ2) is 7.85. The fourth-order valence-electron chi connectivity index (χ4n) is 2.36. The molecule has 0 aliphatic carbocycles. The van der Waals surface area contributed by atoms with E-state index in [0.29, 0.717) is 12.6 Å². The number of primary amides is 1. The van der Waals surface area contributed by atoms with Crippen molar-refractivity contribution in [3.05, 3.63) is 29.8 Å². The van der Waals surface area contributed by atoms with Crippen molar-refractivity contribution in [3.63, 3.8) is 0 Å².